The molecule has 1 saturated heterocycles. The van der Waals surface area contributed by atoms with Gasteiger partial charge in [0, 0.05) is 6.04 Å². The Bertz CT molecular complexity index is 566. The zero-order valence-electron chi connectivity index (χ0n) is 11.3. The summed E-state index contributed by atoms with van der Waals surface area (Å²) in [6.45, 7) is 4.27. The smallest absolute Gasteiger partial charge is 0.146 e. The van der Waals surface area contributed by atoms with Gasteiger partial charge in [-0.2, -0.15) is 0 Å². The van der Waals surface area contributed by atoms with Crippen LogP contribution in [0.2, 0.25) is 0 Å². The Morgan fingerprint density at radius 3 is 3.16 bits per heavy atom. The number of aromatic nitrogens is 2. The Kier molecular flexibility index (Phi) is 3.66. The molecule has 1 unspecified atom stereocenters. The van der Waals surface area contributed by atoms with Crippen LogP contribution in [0.15, 0.2) is 11.4 Å². The number of fused-ring (bicyclic) bond motifs is 1. The van der Waals surface area contributed by atoms with E-state index in [1.807, 2.05) is 11.4 Å². The molecule has 0 spiro atoms. The maximum Gasteiger partial charge on any atom is 0.146 e. The van der Waals surface area contributed by atoms with Crippen LogP contribution < -0.4 is 5.73 Å². The van der Waals surface area contributed by atoms with Gasteiger partial charge < -0.3 is 5.73 Å². The molecule has 1 aliphatic heterocycles. The zero-order valence-corrected chi connectivity index (χ0v) is 12.1. The number of hydrogen-bond acceptors (Lipinski definition) is 5. The summed E-state index contributed by atoms with van der Waals surface area (Å²) >= 11 is 1.63. The van der Waals surface area contributed by atoms with Crippen LogP contribution in [0.1, 0.15) is 38.4 Å². The maximum atomic E-state index is 6.01. The summed E-state index contributed by atoms with van der Waals surface area (Å²) in [6, 6.07) is 2.61. The number of nitrogen functional groups attached to an aromatic ring is 1. The van der Waals surface area contributed by atoms with Gasteiger partial charge in [0.05, 0.1) is 11.9 Å². The number of hydrogen-bond donors (Lipinski definition) is 1. The van der Waals surface area contributed by atoms with E-state index in [1.54, 1.807) is 11.3 Å². The molecule has 1 fully saturated rings. The van der Waals surface area contributed by atoms with E-state index >= 15 is 0 Å². The highest BCUT2D eigenvalue weighted by Crippen LogP contribution is 2.24. The van der Waals surface area contributed by atoms with Crippen molar-refractivity contribution in [3.8, 4) is 0 Å². The van der Waals surface area contributed by atoms with Crippen molar-refractivity contribution >= 4 is 27.4 Å². The SMILES string of the molecule is CC1CCCCCN1Cc1nc(N)c2ccsc2n1. The second-order valence-electron chi connectivity index (χ2n) is 5.33. The predicted molar refractivity (Wildman–Crippen MR) is 80.2 cm³/mol. The molecule has 1 aliphatic rings. The number of thiophene rings is 1. The first-order valence-corrected chi connectivity index (χ1v) is 7.85. The van der Waals surface area contributed by atoms with Crippen LogP contribution in [0.5, 0.6) is 0 Å². The van der Waals surface area contributed by atoms with Crippen LogP contribution in [-0.2, 0) is 6.54 Å². The van der Waals surface area contributed by atoms with E-state index in [0.717, 1.165) is 29.1 Å². The molecule has 4 nitrogen and oxygen atoms in total. The van der Waals surface area contributed by atoms with Crippen molar-refractivity contribution in [1.82, 2.24) is 14.9 Å². The van der Waals surface area contributed by atoms with Crippen molar-refractivity contribution in [3.63, 3.8) is 0 Å². The summed E-state index contributed by atoms with van der Waals surface area (Å²) in [4.78, 5) is 12.6. The fraction of sp³-hybridized carbons (Fsp3) is 0.571. The van der Waals surface area contributed by atoms with Gasteiger partial charge in [0.1, 0.15) is 16.5 Å². The van der Waals surface area contributed by atoms with Crippen molar-refractivity contribution in [2.75, 3.05) is 12.3 Å². The quantitative estimate of drug-likeness (QED) is 0.916. The Morgan fingerprint density at radius 1 is 1.37 bits per heavy atom. The average Bonchev–Trinajstić information content (AvgIpc) is 2.77. The van der Waals surface area contributed by atoms with E-state index < -0.39 is 0 Å². The van der Waals surface area contributed by atoms with Crippen molar-refractivity contribution in [2.24, 2.45) is 0 Å². The molecule has 102 valence electrons. The summed E-state index contributed by atoms with van der Waals surface area (Å²) in [6.07, 6.45) is 5.23. The van der Waals surface area contributed by atoms with E-state index in [1.165, 1.54) is 25.7 Å². The lowest BCUT2D eigenvalue weighted by Crippen LogP contribution is -2.32. The molecule has 0 bridgehead atoms. The molecule has 1 atom stereocenters. The Morgan fingerprint density at radius 2 is 2.26 bits per heavy atom. The van der Waals surface area contributed by atoms with Crippen molar-refractivity contribution in [2.45, 2.75) is 45.2 Å². The second kappa shape index (κ2) is 5.43. The largest absolute Gasteiger partial charge is 0.383 e. The first-order valence-electron chi connectivity index (χ1n) is 6.97. The molecule has 3 heterocycles. The fourth-order valence-electron chi connectivity index (χ4n) is 2.75. The normalized spacial score (nSPS) is 21.6. The molecule has 2 aromatic rings. The number of anilines is 1. The van der Waals surface area contributed by atoms with Crippen LogP contribution in [0.25, 0.3) is 10.2 Å². The lowest BCUT2D eigenvalue weighted by molar-refractivity contribution is 0.200. The first kappa shape index (κ1) is 12.8. The van der Waals surface area contributed by atoms with E-state index in [-0.39, 0.29) is 0 Å². The highest BCUT2D eigenvalue weighted by molar-refractivity contribution is 7.16. The molecule has 2 aromatic heterocycles. The van der Waals surface area contributed by atoms with E-state index in [4.69, 9.17) is 5.73 Å². The molecule has 0 aliphatic carbocycles. The summed E-state index contributed by atoms with van der Waals surface area (Å²) in [5.74, 6) is 1.48. The lowest BCUT2D eigenvalue weighted by Gasteiger charge is -2.25. The lowest BCUT2D eigenvalue weighted by atomic mass is 10.1. The number of nitrogens with zero attached hydrogens (tertiary/aromatic N) is 3. The molecule has 0 saturated carbocycles. The molecule has 19 heavy (non-hydrogen) atoms. The van der Waals surface area contributed by atoms with Crippen LogP contribution in [0.3, 0.4) is 0 Å². The van der Waals surface area contributed by atoms with Gasteiger partial charge >= 0.3 is 0 Å². The summed E-state index contributed by atoms with van der Waals surface area (Å²) in [7, 11) is 0. The van der Waals surface area contributed by atoms with E-state index in [0.29, 0.717) is 11.9 Å². The molecular weight excluding hydrogens is 256 g/mol. The summed E-state index contributed by atoms with van der Waals surface area (Å²) in [5, 5.41) is 3.01. The third kappa shape index (κ3) is 2.72. The molecular formula is C14H20N4S. The van der Waals surface area contributed by atoms with Gasteiger partial charge in [-0.15, -0.1) is 11.3 Å². The van der Waals surface area contributed by atoms with Gasteiger partial charge in [0.25, 0.3) is 0 Å². The number of nitrogens with two attached hydrogens (primary N) is 1. The van der Waals surface area contributed by atoms with Gasteiger partial charge in [-0.05, 0) is 37.8 Å². The Labute approximate surface area is 117 Å². The highest BCUT2D eigenvalue weighted by Gasteiger charge is 2.18. The van der Waals surface area contributed by atoms with Gasteiger partial charge in [0.15, 0.2) is 0 Å². The van der Waals surface area contributed by atoms with E-state index in [9.17, 15) is 0 Å². The molecule has 3 rings (SSSR count). The molecule has 0 radical (unpaired) electrons. The topological polar surface area (TPSA) is 55.0 Å². The van der Waals surface area contributed by atoms with Crippen LogP contribution in [0, 0.1) is 0 Å². The fourth-order valence-corrected chi connectivity index (χ4v) is 3.54. The van der Waals surface area contributed by atoms with Gasteiger partial charge in [0.2, 0.25) is 0 Å². The van der Waals surface area contributed by atoms with Gasteiger partial charge in [-0.1, -0.05) is 12.8 Å². The Hall–Kier alpha value is -1.20. The minimum Gasteiger partial charge on any atom is -0.383 e. The van der Waals surface area contributed by atoms with Crippen molar-refractivity contribution < 1.29 is 0 Å². The van der Waals surface area contributed by atoms with Crippen molar-refractivity contribution in [1.29, 1.82) is 0 Å². The standard InChI is InChI=1S/C14H20N4S/c1-10-5-3-2-4-7-18(10)9-12-16-13(15)11-6-8-19-14(11)17-12/h6,8,10H,2-5,7,9H2,1H3,(H2,15,16,17). The van der Waals surface area contributed by atoms with Crippen molar-refractivity contribution in [3.05, 3.63) is 17.3 Å². The summed E-state index contributed by atoms with van der Waals surface area (Å²) < 4.78 is 0. The predicted octanol–water partition coefficient (Wildman–Crippen LogP) is 3.04. The first-order chi connectivity index (χ1) is 9.24. The highest BCUT2D eigenvalue weighted by atomic mass is 32.1. The maximum absolute atomic E-state index is 6.01. The number of likely N-dealkylation sites (tertiary alicyclic amines) is 1. The molecule has 0 amide bonds. The van der Waals surface area contributed by atoms with E-state index in [2.05, 4.69) is 21.8 Å². The zero-order chi connectivity index (χ0) is 13.2. The molecule has 5 heteroatoms. The van der Waals surface area contributed by atoms with Crippen LogP contribution in [0.4, 0.5) is 5.82 Å². The molecule has 0 aromatic carbocycles. The summed E-state index contributed by atoms with van der Waals surface area (Å²) in [5.41, 5.74) is 6.01. The monoisotopic (exact) mass is 276 g/mol. The third-order valence-corrected chi connectivity index (χ3v) is 4.74. The van der Waals surface area contributed by atoms with Gasteiger partial charge in [-0.25, -0.2) is 9.97 Å². The molecule has 2 N–H and O–H groups in total. The average molecular weight is 276 g/mol. The van der Waals surface area contributed by atoms with Gasteiger partial charge in [-0.3, -0.25) is 4.90 Å². The Balaban J connectivity index is 1.83. The van der Waals surface area contributed by atoms with Crippen LogP contribution in [-0.4, -0.2) is 27.5 Å². The number of rotatable bonds is 2. The second-order valence-corrected chi connectivity index (χ2v) is 6.23. The minimum atomic E-state index is 0.615. The third-order valence-electron chi connectivity index (χ3n) is 3.94. The van der Waals surface area contributed by atoms with Crippen LogP contribution >= 0.6 is 11.3 Å². The minimum absolute atomic E-state index is 0.615.